The van der Waals surface area contributed by atoms with Crippen molar-refractivity contribution in [3.63, 3.8) is 0 Å². The normalized spacial score (nSPS) is 19.2. The Labute approximate surface area is 113 Å². The molecule has 96 valence electrons. The van der Waals surface area contributed by atoms with Crippen LogP contribution < -0.4 is 0 Å². The maximum Gasteiger partial charge on any atom is 0.125 e. The fourth-order valence-corrected chi connectivity index (χ4v) is 3.48. The molecule has 1 aliphatic carbocycles. The topological polar surface area (TPSA) is 17.8 Å². The van der Waals surface area contributed by atoms with Crippen molar-refractivity contribution in [2.75, 3.05) is 0 Å². The van der Waals surface area contributed by atoms with Gasteiger partial charge in [0, 0.05) is 5.54 Å². The first kappa shape index (κ1) is 12.0. The first-order chi connectivity index (χ1) is 8.74. The standard InChI is InChI=1S/C15H19ClN2/c1-15(9-5-2-6-10-15)18-13-8-4-3-7-12(13)17-14(18)11-16/h3-4,7-8H,2,5-6,9-11H2,1H3. The lowest BCUT2D eigenvalue weighted by Gasteiger charge is -2.36. The number of imidazole rings is 1. The summed E-state index contributed by atoms with van der Waals surface area (Å²) in [4.78, 5) is 4.68. The molecular weight excluding hydrogens is 244 g/mol. The molecule has 0 amide bonds. The molecule has 1 aromatic heterocycles. The molecule has 1 heterocycles. The lowest BCUT2D eigenvalue weighted by atomic mass is 9.83. The number of hydrogen-bond donors (Lipinski definition) is 0. The summed E-state index contributed by atoms with van der Waals surface area (Å²) in [5.41, 5.74) is 2.50. The van der Waals surface area contributed by atoms with E-state index in [2.05, 4.69) is 34.7 Å². The van der Waals surface area contributed by atoms with E-state index in [0.29, 0.717) is 5.88 Å². The minimum atomic E-state index is 0.193. The third-order valence-corrected chi connectivity index (χ3v) is 4.46. The molecule has 0 atom stereocenters. The molecule has 1 saturated carbocycles. The zero-order chi connectivity index (χ0) is 12.6. The summed E-state index contributed by atoms with van der Waals surface area (Å²) in [6.45, 7) is 2.36. The second-order valence-electron chi connectivity index (χ2n) is 5.54. The third kappa shape index (κ3) is 1.83. The minimum Gasteiger partial charge on any atom is -0.321 e. The number of hydrogen-bond acceptors (Lipinski definition) is 1. The Kier molecular flexibility index (Phi) is 3.06. The monoisotopic (exact) mass is 262 g/mol. The van der Waals surface area contributed by atoms with Gasteiger partial charge in [-0.2, -0.15) is 0 Å². The van der Waals surface area contributed by atoms with E-state index in [1.165, 1.54) is 37.6 Å². The second-order valence-corrected chi connectivity index (χ2v) is 5.81. The number of rotatable bonds is 2. The van der Waals surface area contributed by atoms with E-state index in [1.54, 1.807) is 0 Å². The molecular formula is C15H19ClN2. The maximum absolute atomic E-state index is 6.10. The average Bonchev–Trinajstić information content (AvgIpc) is 2.78. The van der Waals surface area contributed by atoms with Gasteiger partial charge in [0.25, 0.3) is 0 Å². The Morgan fingerprint density at radius 1 is 1.22 bits per heavy atom. The van der Waals surface area contributed by atoms with Gasteiger partial charge in [-0.05, 0) is 31.9 Å². The molecule has 1 aliphatic rings. The summed E-state index contributed by atoms with van der Waals surface area (Å²) in [6.07, 6.45) is 6.45. The molecule has 1 aromatic carbocycles. The molecule has 0 N–H and O–H groups in total. The molecule has 0 spiro atoms. The smallest absolute Gasteiger partial charge is 0.125 e. The van der Waals surface area contributed by atoms with Crippen LogP contribution in [-0.2, 0) is 11.4 Å². The Bertz CT molecular complexity index is 553. The minimum absolute atomic E-state index is 0.193. The van der Waals surface area contributed by atoms with Crippen molar-refractivity contribution in [2.24, 2.45) is 0 Å². The number of benzene rings is 1. The second kappa shape index (κ2) is 4.58. The van der Waals surface area contributed by atoms with Gasteiger partial charge in [0.2, 0.25) is 0 Å². The number of nitrogens with zero attached hydrogens (tertiary/aromatic N) is 2. The van der Waals surface area contributed by atoms with E-state index in [4.69, 9.17) is 11.6 Å². The van der Waals surface area contributed by atoms with Gasteiger partial charge in [-0.3, -0.25) is 0 Å². The zero-order valence-electron chi connectivity index (χ0n) is 10.8. The highest BCUT2D eigenvalue weighted by Crippen LogP contribution is 2.38. The van der Waals surface area contributed by atoms with Crippen LogP contribution in [0.15, 0.2) is 24.3 Å². The van der Waals surface area contributed by atoms with Gasteiger partial charge in [-0.25, -0.2) is 4.98 Å². The fourth-order valence-electron chi connectivity index (χ4n) is 3.30. The Morgan fingerprint density at radius 3 is 2.67 bits per heavy atom. The van der Waals surface area contributed by atoms with Gasteiger partial charge >= 0.3 is 0 Å². The predicted octanol–water partition coefficient (Wildman–Crippen LogP) is 4.45. The number of aromatic nitrogens is 2. The van der Waals surface area contributed by atoms with E-state index in [1.807, 2.05) is 6.07 Å². The highest BCUT2D eigenvalue weighted by atomic mass is 35.5. The molecule has 0 saturated heterocycles. The van der Waals surface area contributed by atoms with Gasteiger partial charge in [0.1, 0.15) is 5.82 Å². The molecule has 0 unspecified atom stereocenters. The van der Waals surface area contributed by atoms with Crippen LogP contribution in [0.2, 0.25) is 0 Å². The predicted molar refractivity (Wildman–Crippen MR) is 76.0 cm³/mol. The highest BCUT2D eigenvalue weighted by molar-refractivity contribution is 6.16. The van der Waals surface area contributed by atoms with Gasteiger partial charge in [0.05, 0.1) is 16.9 Å². The summed E-state index contributed by atoms with van der Waals surface area (Å²) in [7, 11) is 0. The summed E-state index contributed by atoms with van der Waals surface area (Å²) < 4.78 is 2.40. The molecule has 1 fully saturated rings. The molecule has 18 heavy (non-hydrogen) atoms. The SMILES string of the molecule is CC1(n2c(CCl)nc3ccccc32)CCCCC1. The first-order valence-electron chi connectivity index (χ1n) is 6.77. The van der Waals surface area contributed by atoms with Crippen LogP contribution in [0.4, 0.5) is 0 Å². The van der Waals surface area contributed by atoms with Crippen molar-refractivity contribution in [3.8, 4) is 0 Å². The van der Waals surface area contributed by atoms with Crippen molar-refractivity contribution in [1.29, 1.82) is 0 Å². The van der Waals surface area contributed by atoms with Crippen molar-refractivity contribution < 1.29 is 0 Å². The molecule has 0 radical (unpaired) electrons. The lowest BCUT2D eigenvalue weighted by Crippen LogP contribution is -2.33. The van der Waals surface area contributed by atoms with Crippen LogP contribution in [0.25, 0.3) is 11.0 Å². The zero-order valence-corrected chi connectivity index (χ0v) is 11.6. The summed E-state index contributed by atoms with van der Waals surface area (Å²) in [5.74, 6) is 1.51. The quantitative estimate of drug-likeness (QED) is 0.731. The van der Waals surface area contributed by atoms with Gasteiger partial charge in [-0.15, -0.1) is 11.6 Å². The van der Waals surface area contributed by atoms with Crippen molar-refractivity contribution in [1.82, 2.24) is 9.55 Å². The van der Waals surface area contributed by atoms with Gasteiger partial charge < -0.3 is 4.57 Å². The van der Waals surface area contributed by atoms with Crippen molar-refractivity contribution >= 4 is 22.6 Å². The van der Waals surface area contributed by atoms with Crippen LogP contribution in [-0.4, -0.2) is 9.55 Å². The molecule has 3 heteroatoms. The van der Waals surface area contributed by atoms with E-state index in [-0.39, 0.29) is 5.54 Å². The summed E-state index contributed by atoms with van der Waals surface area (Å²) in [5, 5.41) is 0. The van der Waals surface area contributed by atoms with E-state index >= 15 is 0 Å². The molecule has 3 rings (SSSR count). The van der Waals surface area contributed by atoms with Gasteiger partial charge in [-0.1, -0.05) is 31.4 Å². The van der Waals surface area contributed by atoms with Crippen LogP contribution in [0.1, 0.15) is 44.9 Å². The van der Waals surface area contributed by atoms with Gasteiger partial charge in [0.15, 0.2) is 0 Å². The molecule has 2 aromatic rings. The van der Waals surface area contributed by atoms with E-state index < -0.39 is 0 Å². The Balaban J connectivity index is 2.19. The van der Waals surface area contributed by atoms with Crippen LogP contribution >= 0.6 is 11.6 Å². The maximum atomic E-state index is 6.10. The summed E-state index contributed by atoms with van der Waals surface area (Å²) >= 11 is 6.10. The Hall–Kier alpha value is -1.02. The van der Waals surface area contributed by atoms with Crippen molar-refractivity contribution in [3.05, 3.63) is 30.1 Å². The lowest BCUT2D eigenvalue weighted by molar-refractivity contribution is 0.220. The molecule has 2 nitrogen and oxygen atoms in total. The van der Waals surface area contributed by atoms with Crippen molar-refractivity contribution in [2.45, 2.75) is 50.4 Å². The average molecular weight is 263 g/mol. The van der Waals surface area contributed by atoms with Crippen LogP contribution in [0, 0.1) is 0 Å². The van der Waals surface area contributed by atoms with Crippen LogP contribution in [0.5, 0.6) is 0 Å². The largest absolute Gasteiger partial charge is 0.321 e. The Morgan fingerprint density at radius 2 is 1.94 bits per heavy atom. The number of alkyl halides is 1. The van der Waals surface area contributed by atoms with E-state index in [0.717, 1.165) is 11.3 Å². The molecule has 0 bridgehead atoms. The highest BCUT2D eigenvalue weighted by Gasteiger charge is 2.31. The number of halogens is 1. The fraction of sp³-hybridized carbons (Fsp3) is 0.533. The number of para-hydroxylation sites is 2. The number of fused-ring (bicyclic) bond motifs is 1. The third-order valence-electron chi connectivity index (χ3n) is 4.22. The molecule has 0 aliphatic heterocycles. The first-order valence-corrected chi connectivity index (χ1v) is 7.31. The van der Waals surface area contributed by atoms with E-state index in [9.17, 15) is 0 Å². The van der Waals surface area contributed by atoms with Crippen LogP contribution in [0.3, 0.4) is 0 Å². The summed E-state index contributed by atoms with van der Waals surface area (Å²) in [6, 6.07) is 8.37.